The molecule has 4 N–H and O–H groups in total. The van der Waals surface area contributed by atoms with E-state index in [1.165, 1.54) is 24.6 Å². The van der Waals surface area contributed by atoms with Gasteiger partial charge in [-0.25, -0.2) is 0 Å². The largest absolute Gasteiger partial charge is 0.504 e. The Hall–Kier alpha value is -4.63. The molecule has 0 saturated heterocycles. The molecule has 0 atom stereocenters. The zero-order valence-corrected chi connectivity index (χ0v) is 26.2. The van der Waals surface area contributed by atoms with Crippen LogP contribution < -0.4 is 0 Å². The summed E-state index contributed by atoms with van der Waals surface area (Å²) in [7, 11) is 0. The number of phenolic OH excluding ortho intramolecular Hbond substituents is 4. The number of benzene rings is 6. The molecule has 45 heavy (non-hydrogen) atoms. The minimum absolute atomic E-state index is 0. The predicted octanol–water partition coefficient (Wildman–Crippen LogP) is 7.85. The number of nitrogens with zero attached hydrogens (tertiary/aromatic N) is 2. The van der Waals surface area contributed by atoms with Gasteiger partial charge in [0.05, 0.1) is 0 Å². The Bertz CT molecular complexity index is 2020. The van der Waals surface area contributed by atoms with Gasteiger partial charge >= 0.3 is 0 Å². The molecule has 0 saturated carbocycles. The minimum atomic E-state index is -1.33. The first-order chi connectivity index (χ1) is 20.8. The molecule has 0 heterocycles. The van der Waals surface area contributed by atoms with Crippen molar-refractivity contribution >= 4 is 34.0 Å². The van der Waals surface area contributed by atoms with E-state index in [4.69, 9.17) is 9.98 Å². The number of aliphatic imine (C=N–C) groups is 2. The summed E-state index contributed by atoms with van der Waals surface area (Å²) in [6.45, 7) is 4.10. The van der Waals surface area contributed by atoms with Crippen LogP contribution in [-0.4, -0.2) is 32.9 Å². The molecule has 6 nitrogen and oxygen atoms in total. The Morgan fingerprint density at radius 3 is 1.36 bits per heavy atom. The van der Waals surface area contributed by atoms with E-state index in [0.29, 0.717) is 11.1 Å². The quantitative estimate of drug-likeness (QED) is 0.0864. The number of aromatic hydroxyl groups is 4. The van der Waals surface area contributed by atoms with Gasteiger partial charge in [0.15, 0.2) is 23.0 Å². The summed E-state index contributed by atoms with van der Waals surface area (Å²) in [5.74, 6) is -1.05. The van der Waals surface area contributed by atoms with E-state index < -0.39 is 5.66 Å². The average Bonchev–Trinajstić information content (AvgIpc) is 3.32. The molecule has 1 aliphatic carbocycles. The van der Waals surface area contributed by atoms with Gasteiger partial charge in [0.2, 0.25) is 5.66 Å². The average molecular weight is 682 g/mol. The van der Waals surface area contributed by atoms with Crippen LogP contribution in [0.1, 0.15) is 33.4 Å². The number of para-hydroxylation sites is 2. The molecule has 0 amide bonds. The van der Waals surface area contributed by atoms with E-state index in [1.807, 2.05) is 38.1 Å². The summed E-state index contributed by atoms with van der Waals surface area (Å²) in [5.41, 5.74) is 5.11. The number of rotatable bonds is 4. The Kier molecular flexibility index (Phi) is 8.51. The second-order valence-electron chi connectivity index (χ2n) is 10.9. The normalized spacial score (nSPS) is 13.1. The van der Waals surface area contributed by atoms with Crippen molar-refractivity contribution in [1.82, 2.24) is 0 Å². The van der Waals surface area contributed by atoms with Crippen LogP contribution in [0, 0.1) is 13.8 Å². The van der Waals surface area contributed by atoms with Gasteiger partial charge in [0, 0.05) is 67.7 Å². The molecule has 0 radical (unpaired) electrons. The van der Waals surface area contributed by atoms with Crippen LogP contribution in [0.15, 0.2) is 107 Å². The number of hydrogen-bond donors (Lipinski definition) is 4. The third-order valence-electron chi connectivity index (χ3n) is 8.31. The first-order valence-electron chi connectivity index (χ1n) is 14.0. The van der Waals surface area contributed by atoms with Crippen LogP contribution in [0.5, 0.6) is 23.0 Å². The Morgan fingerprint density at radius 2 is 0.933 bits per heavy atom. The van der Waals surface area contributed by atoms with Gasteiger partial charge in [-0.05, 0) is 81.9 Å². The first kappa shape index (κ1) is 31.8. The molecule has 6 aromatic rings. The topological polar surface area (TPSA) is 106 Å². The monoisotopic (exact) mass is 680 g/mol. The maximum atomic E-state index is 10.7. The number of fused-ring (bicyclic) bond motifs is 7. The molecule has 0 aromatic heterocycles. The van der Waals surface area contributed by atoms with Crippen molar-refractivity contribution in [3.05, 3.63) is 130 Å². The number of aryl methyl sites for hydroxylation is 2. The smallest absolute Gasteiger partial charge is 0.202 e. The van der Waals surface area contributed by atoms with Gasteiger partial charge in [0.1, 0.15) is 0 Å². The van der Waals surface area contributed by atoms with Crippen molar-refractivity contribution in [2.75, 3.05) is 0 Å². The molecule has 0 fully saturated rings. The summed E-state index contributed by atoms with van der Waals surface area (Å²) in [6.07, 6.45) is 3.08. The van der Waals surface area contributed by atoms with E-state index in [9.17, 15) is 20.4 Å². The zero-order chi connectivity index (χ0) is 29.9. The molecule has 0 bridgehead atoms. The van der Waals surface area contributed by atoms with Crippen LogP contribution >= 0.6 is 0 Å². The molecule has 0 aliphatic heterocycles. The van der Waals surface area contributed by atoms with E-state index >= 15 is 0 Å². The number of hydrogen-bond acceptors (Lipinski definition) is 6. The van der Waals surface area contributed by atoms with Gasteiger partial charge in [-0.15, -0.1) is 0 Å². The summed E-state index contributed by atoms with van der Waals surface area (Å²) in [5, 5.41) is 46.1. The molecule has 1 aliphatic rings. The third-order valence-corrected chi connectivity index (χ3v) is 8.31. The SMILES string of the molecule is Cc1cc2ccccc2c2c1C(/N=C/c1cccc(O)c1O)(/N=C/c1cccc(O)c1O)c1c(C)cc3ccccc3c1-2.[Ni].[Ni]. The van der Waals surface area contributed by atoms with Crippen molar-refractivity contribution < 1.29 is 53.4 Å². The molecule has 0 spiro atoms. The van der Waals surface area contributed by atoms with Crippen LogP contribution in [0.4, 0.5) is 0 Å². The van der Waals surface area contributed by atoms with Crippen LogP contribution in [0.25, 0.3) is 32.7 Å². The van der Waals surface area contributed by atoms with E-state index in [-0.39, 0.29) is 56.0 Å². The van der Waals surface area contributed by atoms with Crippen LogP contribution in [-0.2, 0) is 38.6 Å². The molecule has 7 rings (SSSR count). The van der Waals surface area contributed by atoms with Crippen LogP contribution in [0.2, 0.25) is 0 Å². The maximum Gasteiger partial charge on any atom is 0.202 e. The van der Waals surface area contributed by atoms with E-state index in [2.05, 4.69) is 36.4 Å². The van der Waals surface area contributed by atoms with Crippen molar-refractivity contribution in [2.24, 2.45) is 9.98 Å². The van der Waals surface area contributed by atoms with Crippen molar-refractivity contribution in [3.63, 3.8) is 0 Å². The Morgan fingerprint density at radius 1 is 0.533 bits per heavy atom. The van der Waals surface area contributed by atoms with E-state index in [1.54, 1.807) is 24.3 Å². The molecule has 6 aromatic carbocycles. The van der Waals surface area contributed by atoms with E-state index in [0.717, 1.165) is 54.9 Å². The second kappa shape index (κ2) is 12.0. The zero-order valence-electron chi connectivity index (χ0n) is 24.2. The van der Waals surface area contributed by atoms with Crippen molar-refractivity contribution in [2.45, 2.75) is 19.5 Å². The second-order valence-corrected chi connectivity index (χ2v) is 10.9. The fourth-order valence-corrected chi connectivity index (χ4v) is 6.44. The minimum Gasteiger partial charge on any atom is -0.504 e. The molecule has 230 valence electrons. The maximum absolute atomic E-state index is 10.7. The predicted molar refractivity (Wildman–Crippen MR) is 172 cm³/mol. The first-order valence-corrected chi connectivity index (χ1v) is 14.0. The third kappa shape index (κ3) is 4.95. The van der Waals surface area contributed by atoms with Crippen molar-refractivity contribution in [3.8, 4) is 34.1 Å². The van der Waals surface area contributed by atoms with Gasteiger partial charge in [-0.3, -0.25) is 9.98 Å². The Balaban J connectivity index is 0.00000200. The standard InChI is InChI=1S/C37H28N2O4.2Ni/c1-21-17-23-9-3-5-13-27(23)31-32-28-14-6-4-10-24(28)18-22(2)34(32)37(33(21)31,38-19-25-11-7-15-29(40)35(25)42)39-20-26-12-8-16-30(41)36(26)43;;/h3-20,40-43H,1-2H3;;/b38-19+,39-20+;;. The summed E-state index contributed by atoms with van der Waals surface area (Å²) in [4.78, 5) is 10.3. The summed E-state index contributed by atoms with van der Waals surface area (Å²) in [6, 6.07) is 30.3. The number of phenols is 4. The van der Waals surface area contributed by atoms with Gasteiger partial charge in [0.25, 0.3) is 0 Å². The Labute approximate surface area is 280 Å². The summed E-state index contributed by atoms with van der Waals surface area (Å²) < 4.78 is 0. The van der Waals surface area contributed by atoms with Gasteiger partial charge in [-0.2, -0.15) is 0 Å². The van der Waals surface area contributed by atoms with Gasteiger partial charge in [-0.1, -0.05) is 72.8 Å². The summed E-state index contributed by atoms with van der Waals surface area (Å²) >= 11 is 0. The molecular weight excluding hydrogens is 654 g/mol. The van der Waals surface area contributed by atoms with Crippen molar-refractivity contribution in [1.29, 1.82) is 0 Å². The molecule has 8 heteroatoms. The van der Waals surface area contributed by atoms with Crippen LogP contribution in [0.3, 0.4) is 0 Å². The molecular formula is C37H28N2Ni2O4. The fourth-order valence-electron chi connectivity index (χ4n) is 6.44. The molecule has 0 unspecified atom stereocenters. The fraction of sp³-hybridized carbons (Fsp3) is 0.0811. The van der Waals surface area contributed by atoms with Gasteiger partial charge < -0.3 is 20.4 Å².